The Morgan fingerprint density at radius 1 is 1.27 bits per heavy atom. The zero-order valence-electron chi connectivity index (χ0n) is 6.67. The van der Waals surface area contributed by atoms with Crippen LogP contribution in [0.25, 0.3) is 6.08 Å². The van der Waals surface area contributed by atoms with Crippen molar-refractivity contribution in [1.29, 1.82) is 0 Å². The Labute approximate surface area is 70.4 Å². The second-order valence-electron chi connectivity index (χ2n) is 3.07. The van der Waals surface area contributed by atoms with E-state index in [-0.39, 0.29) is 0 Å². The fourth-order valence-corrected chi connectivity index (χ4v) is 2.04. The van der Waals surface area contributed by atoms with Gasteiger partial charge in [0.25, 0.3) is 0 Å². The molecule has 0 amide bonds. The van der Waals surface area contributed by atoms with Gasteiger partial charge < -0.3 is 0 Å². The third kappa shape index (κ3) is 0.961. The van der Waals surface area contributed by atoms with Crippen LogP contribution in [0.15, 0.2) is 29.8 Å². The molecular formula is C10H11Si. The average molecular weight is 159 g/mol. The lowest BCUT2D eigenvalue weighted by Crippen LogP contribution is -1.94. The molecule has 2 rings (SSSR count). The van der Waals surface area contributed by atoms with Gasteiger partial charge >= 0.3 is 0 Å². The summed E-state index contributed by atoms with van der Waals surface area (Å²) in [5.74, 6) is 0. The van der Waals surface area contributed by atoms with Crippen molar-refractivity contribution >= 4 is 16.3 Å². The first-order valence-corrected chi connectivity index (χ1v) is 4.71. The summed E-state index contributed by atoms with van der Waals surface area (Å²) in [6.45, 7) is 2.21. The summed E-state index contributed by atoms with van der Waals surface area (Å²) in [6.07, 6.45) is 2.28. The Hall–Kier alpha value is -0.823. The molecule has 1 aliphatic carbocycles. The Morgan fingerprint density at radius 2 is 2.00 bits per heavy atom. The lowest BCUT2D eigenvalue weighted by Gasteiger charge is -2.05. The van der Waals surface area contributed by atoms with Gasteiger partial charge in [-0.15, -0.1) is 0 Å². The fraction of sp³-hybridized carbons (Fsp3) is 0.200. The third-order valence-electron chi connectivity index (χ3n) is 2.30. The van der Waals surface area contributed by atoms with Crippen LogP contribution in [0, 0.1) is 0 Å². The third-order valence-corrected chi connectivity index (χ3v) is 3.39. The summed E-state index contributed by atoms with van der Waals surface area (Å²) < 4.78 is 0. The van der Waals surface area contributed by atoms with Crippen LogP contribution >= 0.6 is 0 Å². The molecule has 1 aromatic carbocycles. The van der Waals surface area contributed by atoms with Crippen LogP contribution in [0.2, 0.25) is 0 Å². The highest BCUT2D eigenvalue weighted by Crippen LogP contribution is 2.32. The highest BCUT2D eigenvalue weighted by molar-refractivity contribution is 6.16. The molecule has 1 aliphatic rings. The van der Waals surface area contributed by atoms with E-state index in [4.69, 9.17) is 0 Å². The van der Waals surface area contributed by atoms with Gasteiger partial charge in [0, 0.05) is 10.2 Å². The smallest absolute Gasteiger partial charge is 0.0234 e. The summed E-state index contributed by atoms with van der Waals surface area (Å²) in [6, 6.07) is 8.63. The van der Waals surface area contributed by atoms with Crippen LogP contribution in [0.1, 0.15) is 23.6 Å². The van der Waals surface area contributed by atoms with Gasteiger partial charge in [0.15, 0.2) is 0 Å². The van der Waals surface area contributed by atoms with Gasteiger partial charge in [0.1, 0.15) is 0 Å². The van der Waals surface area contributed by atoms with E-state index >= 15 is 0 Å². The van der Waals surface area contributed by atoms with Crippen molar-refractivity contribution in [2.45, 2.75) is 12.5 Å². The molecule has 0 bridgehead atoms. The minimum atomic E-state index is 0.659. The van der Waals surface area contributed by atoms with E-state index in [0.717, 1.165) is 0 Å². The number of fused-ring (bicyclic) bond motifs is 1. The van der Waals surface area contributed by atoms with E-state index < -0.39 is 0 Å². The zero-order chi connectivity index (χ0) is 7.84. The molecule has 1 aromatic rings. The lowest BCUT2D eigenvalue weighted by molar-refractivity contribution is 1.14. The van der Waals surface area contributed by atoms with Gasteiger partial charge in [-0.25, -0.2) is 0 Å². The van der Waals surface area contributed by atoms with Crippen LogP contribution in [0.5, 0.6) is 0 Å². The van der Waals surface area contributed by atoms with Crippen LogP contribution in [-0.4, -0.2) is 10.2 Å². The van der Waals surface area contributed by atoms with Crippen molar-refractivity contribution in [3.8, 4) is 0 Å². The molecule has 0 saturated carbocycles. The summed E-state index contributed by atoms with van der Waals surface area (Å²) in [5.41, 5.74) is 5.05. The second kappa shape index (κ2) is 2.34. The highest BCUT2D eigenvalue weighted by Gasteiger charge is 2.16. The van der Waals surface area contributed by atoms with Gasteiger partial charge in [0.2, 0.25) is 0 Å². The van der Waals surface area contributed by atoms with Crippen LogP contribution in [-0.2, 0) is 0 Å². The Bertz CT molecular complexity index is 312. The molecule has 11 heavy (non-hydrogen) atoms. The summed E-state index contributed by atoms with van der Waals surface area (Å²) in [7, 11) is 2.06. The Morgan fingerprint density at radius 3 is 2.73 bits per heavy atom. The maximum Gasteiger partial charge on any atom is 0.0234 e. The first-order valence-electron chi connectivity index (χ1n) is 3.89. The van der Waals surface area contributed by atoms with Crippen LogP contribution in [0.4, 0.5) is 0 Å². The van der Waals surface area contributed by atoms with Crippen molar-refractivity contribution in [3.63, 3.8) is 0 Å². The predicted octanol–water partition coefficient (Wildman–Crippen LogP) is 1.78. The van der Waals surface area contributed by atoms with Crippen molar-refractivity contribution in [2.24, 2.45) is 0 Å². The van der Waals surface area contributed by atoms with Crippen LogP contribution < -0.4 is 0 Å². The van der Waals surface area contributed by atoms with Crippen molar-refractivity contribution in [3.05, 3.63) is 41.0 Å². The fourth-order valence-electron chi connectivity index (χ4n) is 1.55. The second-order valence-corrected chi connectivity index (χ2v) is 3.89. The number of allylic oxidation sites excluding steroid dienone is 1. The van der Waals surface area contributed by atoms with Gasteiger partial charge in [-0.05, 0) is 23.6 Å². The van der Waals surface area contributed by atoms with E-state index in [1.807, 2.05) is 0 Å². The number of hydrogen-bond acceptors (Lipinski definition) is 0. The zero-order valence-corrected chi connectivity index (χ0v) is 8.09. The highest BCUT2D eigenvalue weighted by atomic mass is 28.1. The van der Waals surface area contributed by atoms with Crippen molar-refractivity contribution in [2.75, 3.05) is 0 Å². The summed E-state index contributed by atoms with van der Waals surface area (Å²) >= 11 is 0. The van der Waals surface area contributed by atoms with Crippen LogP contribution in [0.3, 0.4) is 0 Å². The molecule has 1 radical (unpaired) electrons. The van der Waals surface area contributed by atoms with E-state index in [0.29, 0.717) is 5.54 Å². The van der Waals surface area contributed by atoms with E-state index in [9.17, 15) is 0 Å². The molecule has 55 valence electrons. The molecule has 1 heteroatoms. The molecule has 0 heterocycles. The molecule has 0 saturated heterocycles. The first-order chi connectivity index (χ1) is 5.29. The van der Waals surface area contributed by atoms with Gasteiger partial charge in [-0.1, -0.05) is 35.9 Å². The summed E-state index contributed by atoms with van der Waals surface area (Å²) in [5, 5.41) is 0. The minimum Gasteiger partial charge on any atom is -0.0689 e. The number of hydrogen-bond donors (Lipinski definition) is 0. The Balaban J connectivity index is 2.58. The maximum absolute atomic E-state index is 2.28. The van der Waals surface area contributed by atoms with Gasteiger partial charge in [0.05, 0.1) is 0 Å². The molecule has 0 N–H and O–H groups in total. The average Bonchev–Trinajstić information content (AvgIpc) is 2.30. The van der Waals surface area contributed by atoms with Gasteiger partial charge in [-0.2, -0.15) is 0 Å². The van der Waals surface area contributed by atoms with E-state index in [2.05, 4.69) is 47.5 Å². The molecule has 1 atom stereocenters. The molecule has 0 spiro atoms. The number of rotatable bonds is 0. The Kier molecular flexibility index (Phi) is 1.46. The molecule has 0 nitrogen and oxygen atoms in total. The topological polar surface area (TPSA) is 0 Å². The number of benzene rings is 1. The van der Waals surface area contributed by atoms with Crippen molar-refractivity contribution < 1.29 is 0 Å². The SMILES string of the molecule is CC1=Cc2ccccc2C1[SiH2]. The molecule has 0 aliphatic heterocycles. The monoisotopic (exact) mass is 159 g/mol. The maximum atomic E-state index is 2.28. The normalized spacial score (nSPS) is 21.3. The molecule has 0 aromatic heterocycles. The molecule has 1 unspecified atom stereocenters. The predicted molar refractivity (Wildman–Crippen MR) is 51.4 cm³/mol. The first kappa shape index (κ1) is 6.86. The quantitative estimate of drug-likeness (QED) is 0.506. The largest absolute Gasteiger partial charge is 0.0689 e. The standard InChI is InChI=1S/C10H11Si/c1-7-6-8-4-2-3-5-9(8)10(7)11/h2-6,10H,11H2,1H3. The lowest BCUT2D eigenvalue weighted by atomic mass is 10.1. The van der Waals surface area contributed by atoms with E-state index in [1.165, 1.54) is 16.7 Å². The molecular weight excluding hydrogens is 148 g/mol. The summed E-state index contributed by atoms with van der Waals surface area (Å²) in [4.78, 5) is 0. The minimum absolute atomic E-state index is 0.659. The molecule has 0 fully saturated rings. The van der Waals surface area contributed by atoms with Crippen molar-refractivity contribution in [1.82, 2.24) is 0 Å². The van der Waals surface area contributed by atoms with E-state index in [1.54, 1.807) is 0 Å². The van der Waals surface area contributed by atoms with Gasteiger partial charge in [-0.3, -0.25) is 0 Å².